The molecule has 2 rings (SSSR count). The molecule has 62 valence electrons. The Hall–Kier alpha value is -1.11. The van der Waals surface area contributed by atoms with Crippen molar-refractivity contribution in [3.05, 3.63) is 35.4 Å². The van der Waals surface area contributed by atoms with Crippen molar-refractivity contribution in [1.29, 1.82) is 0 Å². The van der Waals surface area contributed by atoms with Gasteiger partial charge in [-0.1, -0.05) is 29.8 Å². The maximum atomic E-state index is 4.24. The minimum Gasteiger partial charge on any atom is -0.297 e. The molecule has 0 aromatic heterocycles. The average Bonchev–Trinajstić information content (AvgIpc) is 2.58. The topological polar surface area (TPSA) is 12.4 Å². The Morgan fingerprint density at radius 2 is 2.00 bits per heavy atom. The summed E-state index contributed by atoms with van der Waals surface area (Å²) in [6, 6.07) is 8.75. The monoisotopic (exact) mass is 159 g/mol. The number of aryl methyl sites for hydroxylation is 1. The van der Waals surface area contributed by atoms with Crippen LogP contribution in [0.4, 0.5) is 0 Å². The fourth-order valence-electron chi connectivity index (χ4n) is 1.56. The first kappa shape index (κ1) is 7.53. The predicted molar refractivity (Wildman–Crippen MR) is 51.9 cm³/mol. The molecule has 0 spiro atoms. The summed E-state index contributed by atoms with van der Waals surface area (Å²) < 4.78 is 0. The van der Waals surface area contributed by atoms with Crippen LogP contribution in [0.2, 0.25) is 0 Å². The highest BCUT2D eigenvalue weighted by Gasteiger charge is 2.11. The predicted octanol–water partition coefficient (Wildman–Crippen LogP) is 2.55. The molecule has 0 N–H and O–H groups in total. The Bertz CT molecular complexity index is 284. The molecule has 0 amide bonds. The standard InChI is InChI=1S/C11H13N/c1-9-2-4-10(5-3-9)11-6-7-12-8-11/h2-5,8,11H,6-7H2,1H3/t11-/m0/s1. The fraction of sp³-hybridized carbons (Fsp3) is 0.364. The highest BCUT2D eigenvalue weighted by atomic mass is 14.7. The van der Waals surface area contributed by atoms with E-state index in [0.717, 1.165) is 6.54 Å². The van der Waals surface area contributed by atoms with Crippen LogP contribution in [0.1, 0.15) is 23.5 Å². The molecule has 0 saturated carbocycles. The molecular formula is C11H13N. The first-order valence-corrected chi connectivity index (χ1v) is 4.43. The van der Waals surface area contributed by atoms with E-state index in [1.54, 1.807) is 0 Å². The van der Waals surface area contributed by atoms with Crippen LogP contribution in [-0.4, -0.2) is 12.8 Å². The molecule has 0 saturated heterocycles. The number of nitrogens with zero attached hydrogens (tertiary/aromatic N) is 1. The van der Waals surface area contributed by atoms with Gasteiger partial charge in [-0.25, -0.2) is 0 Å². The van der Waals surface area contributed by atoms with E-state index >= 15 is 0 Å². The van der Waals surface area contributed by atoms with Gasteiger partial charge in [0.05, 0.1) is 0 Å². The summed E-state index contributed by atoms with van der Waals surface area (Å²) in [6.45, 7) is 3.12. The van der Waals surface area contributed by atoms with Crippen molar-refractivity contribution in [2.45, 2.75) is 19.3 Å². The second kappa shape index (κ2) is 3.10. The highest BCUT2D eigenvalue weighted by Crippen LogP contribution is 2.21. The van der Waals surface area contributed by atoms with Gasteiger partial charge >= 0.3 is 0 Å². The zero-order valence-electron chi connectivity index (χ0n) is 7.33. The molecule has 1 heteroatoms. The Balaban J connectivity index is 2.23. The van der Waals surface area contributed by atoms with Crippen molar-refractivity contribution >= 4 is 6.21 Å². The molecule has 0 unspecified atom stereocenters. The number of rotatable bonds is 1. The van der Waals surface area contributed by atoms with Crippen molar-refractivity contribution < 1.29 is 0 Å². The van der Waals surface area contributed by atoms with Gasteiger partial charge in [-0.05, 0) is 18.9 Å². The van der Waals surface area contributed by atoms with Gasteiger partial charge in [-0.2, -0.15) is 0 Å². The molecule has 1 aliphatic rings. The lowest BCUT2D eigenvalue weighted by Crippen LogP contribution is -1.95. The lowest BCUT2D eigenvalue weighted by Gasteiger charge is -2.05. The third-order valence-electron chi connectivity index (χ3n) is 2.36. The summed E-state index contributed by atoms with van der Waals surface area (Å²) in [5, 5.41) is 0. The van der Waals surface area contributed by atoms with Crippen molar-refractivity contribution in [3.63, 3.8) is 0 Å². The number of hydrogen-bond acceptors (Lipinski definition) is 1. The van der Waals surface area contributed by atoms with E-state index < -0.39 is 0 Å². The van der Waals surface area contributed by atoms with E-state index in [-0.39, 0.29) is 0 Å². The van der Waals surface area contributed by atoms with Crippen molar-refractivity contribution in [1.82, 2.24) is 0 Å². The molecule has 1 heterocycles. The number of benzene rings is 1. The molecule has 1 atom stereocenters. The normalized spacial score (nSPS) is 21.6. The van der Waals surface area contributed by atoms with Gasteiger partial charge in [-0.15, -0.1) is 0 Å². The molecule has 1 nitrogen and oxygen atoms in total. The van der Waals surface area contributed by atoms with Crippen LogP contribution in [0.5, 0.6) is 0 Å². The van der Waals surface area contributed by atoms with Crippen LogP contribution in [0.15, 0.2) is 29.3 Å². The average molecular weight is 159 g/mol. The van der Waals surface area contributed by atoms with Crippen LogP contribution in [0.25, 0.3) is 0 Å². The third-order valence-corrected chi connectivity index (χ3v) is 2.36. The first-order chi connectivity index (χ1) is 5.86. The van der Waals surface area contributed by atoms with Gasteiger partial charge in [-0.3, -0.25) is 4.99 Å². The fourth-order valence-corrected chi connectivity index (χ4v) is 1.56. The summed E-state index contributed by atoms with van der Waals surface area (Å²) >= 11 is 0. The van der Waals surface area contributed by atoms with Gasteiger partial charge in [0.1, 0.15) is 0 Å². The highest BCUT2D eigenvalue weighted by molar-refractivity contribution is 5.69. The zero-order valence-corrected chi connectivity index (χ0v) is 7.33. The summed E-state index contributed by atoms with van der Waals surface area (Å²) in [4.78, 5) is 4.24. The molecule has 0 fully saturated rings. The second-order valence-electron chi connectivity index (χ2n) is 3.36. The van der Waals surface area contributed by atoms with Gasteiger partial charge < -0.3 is 0 Å². The molecular weight excluding hydrogens is 146 g/mol. The number of hydrogen-bond donors (Lipinski definition) is 0. The summed E-state index contributed by atoms with van der Waals surface area (Å²) in [5.74, 6) is 0.575. The maximum absolute atomic E-state index is 4.24. The summed E-state index contributed by atoms with van der Waals surface area (Å²) in [7, 11) is 0. The SMILES string of the molecule is Cc1ccc([C@@H]2C=NCC2)cc1. The molecule has 1 aliphatic heterocycles. The van der Waals surface area contributed by atoms with E-state index in [9.17, 15) is 0 Å². The van der Waals surface area contributed by atoms with Gasteiger partial charge in [0.25, 0.3) is 0 Å². The summed E-state index contributed by atoms with van der Waals surface area (Å²) in [5.41, 5.74) is 2.73. The van der Waals surface area contributed by atoms with E-state index in [0.29, 0.717) is 5.92 Å². The maximum Gasteiger partial charge on any atom is 0.0395 e. The molecule has 12 heavy (non-hydrogen) atoms. The minimum absolute atomic E-state index is 0.575. The molecule has 1 aromatic rings. The van der Waals surface area contributed by atoms with Crippen LogP contribution in [0, 0.1) is 6.92 Å². The molecule has 0 aliphatic carbocycles. The molecule has 0 bridgehead atoms. The second-order valence-corrected chi connectivity index (χ2v) is 3.36. The van der Waals surface area contributed by atoms with Crippen molar-refractivity contribution in [2.24, 2.45) is 4.99 Å². The van der Waals surface area contributed by atoms with Crippen LogP contribution >= 0.6 is 0 Å². The quantitative estimate of drug-likeness (QED) is 0.597. The van der Waals surface area contributed by atoms with Crippen LogP contribution in [-0.2, 0) is 0 Å². The van der Waals surface area contributed by atoms with Gasteiger partial charge in [0.15, 0.2) is 0 Å². The molecule has 1 aromatic carbocycles. The Morgan fingerprint density at radius 1 is 1.25 bits per heavy atom. The largest absolute Gasteiger partial charge is 0.297 e. The molecule has 0 radical (unpaired) electrons. The van der Waals surface area contributed by atoms with Gasteiger partial charge in [0.2, 0.25) is 0 Å². The van der Waals surface area contributed by atoms with Crippen molar-refractivity contribution in [3.8, 4) is 0 Å². The van der Waals surface area contributed by atoms with Crippen LogP contribution < -0.4 is 0 Å². The summed E-state index contributed by atoms with van der Waals surface area (Å²) in [6.07, 6.45) is 3.26. The van der Waals surface area contributed by atoms with Crippen molar-refractivity contribution in [2.75, 3.05) is 6.54 Å². The minimum atomic E-state index is 0.575. The zero-order chi connectivity index (χ0) is 8.39. The van der Waals surface area contributed by atoms with Crippen LogP contribution in [0.3, 0.4) is 0 Å². The van der Waals surface area contributed by atoms with Gasteiger partial charge in [0, 0.05) is 18.7 Å². The number of aliphatic imine (C=N–C) groups is 1. The van der Waals surface area contributed by atoms with E-state index in [4.69, 9.17) is 0 Å². The third kappa shape index (κ3) is 1.40. The van der Waals surface area contributed by atoms with E-state index in [1.165, 1.54) is 17.5 Å². The smallest absolute Gasteiger partial charge is 0.0395 e. The Kier molecular flexibility index (Phi) is 1.94. The lowest BCUT2D eigenvalue weighted by atomic mass is 9.98. The first-order valence-electron chi connectivity index (χ1n) is 4.43. The Morgan fingerprint density at radius 3 is 2.58 bits per heavy atom. The lowest BCUT2D eigenvalue weighted by molar-refractivity contribution is 0.847. The van der Waals surface area contributed by atoms with E-state index in [2.05, 4.69) is 42.4 Å². The van der Waals surface area contributed by atoms with E-state index in [1.807, 2.05) is 0 Å². The Labute approximate surface area is 73.1 Å².